The maximum atomic E-state index is 13.6. The molecule has 1 aliphatic rings. The first-order valence-corrected chi connectivity index (χ1v) is 10.4. The van der Waals surface area contributed by atoms with Crippen molar-refractivity contribution in [3.8, 4) is 0 Å². The Bertz CT molecular complexity index is 933. The number of carbonyl (C=O) groups excluding carboxylic acids is 2. The molecule has 0 aromatic heterocycles. The van der Waals surface area contributed by atoms with Crippen molar-refractivity contribution in [3.05, 3.63) is 70.7 Å². The van der Waals surface area contributed by atoms with Crippen LogP contribution in [-0.2, 0) is 16.0 Å². The van der Waals surface area contributed by atoms with Crippen LogP contribution in [0.3, 0.4) is 0 Å². The van der Waals surface area contributed by atoms with Gasteiger partial charge in [0.2, 0.25) is 5.91 Å². The lowest BCUT2D eigenvalue weighted by Crippen LogP contribution is -2.47. The SMILES string of the molecule is CC(C)N(CC(C(=O)N1C(=O)OC[C@@H]1Cc1ccccc1)c1ccc(Cl)cc1)C(=O)O. The first kappa shape index (κ1) is 22.6. The standard InChI is InChI=1S/C23H25ClN2O5/c1-15(2)25(22(28)29)13-20(17-8-10-18(24)11-9-17)21(27)26-19(14-31-23(26)30)12-16-6-4-3-5-7-16/h3-11,15,19-20H,12-14H2,1-2H3,(H,28,29)/t19-,20?/m0/s1. The molecule has 0 radical (unpaired) electrons. The zero-order valence-electron chi connectivity index (χ0n) is 17.4. The van der Waals surface area contributed by atoms with Crippen LogP contribution in [0.25, 0.3) is 0 Å². The molecule has 3 amide bonds. The minimum absolute atomic E-state index is 0.0880. The molecule has 164 valence electrons. The number of nitrogens with zero attached hydrogens (tertiary/aromatic N) is 2. The van der Waals surface area contributed by atoms with E-state index in [1.54, 1.807) is 38.1 Å². The Morgan fingerprint density at radius 1 is 1.16 bits per heavy atom. The Morgan fingerprint density at radius 2 is 1.81 bits per heavy atom. The van der Waals surface area contributed by atoms with Gasteiger partial charge in [0.25, 0.3) is 0 Å². The molecule has 3 rings (SSSR count). The number of halogens is 1. The summed E-state index contributed by atoms with van der Waals surface area (Å²) in [5, 5.41) is 10.1. The van der Waals surface area contributed by atoms with Gasteiger partial charge in [0.1, 0.15) is 6.61 Å². The van der Waals surface area contributed by atoms with E-state index in [4.69, 9.17) is 16.3 Å². The zero-order valence-corrected chi connectivity index (χ0v) is 18.2. The van der Waals surface area contributed by atoms with Crippen molar-refractivity contribution in [2.24, 2.45) is 0 Å². The first-order chi connectivity index (χ1) is 14.8. The Balaban J connectivity index is 1.92. The quantitative estimate of drug-likeness (QED) is 0.683. The number of benzene rings is 2. The molecule has 31 heavy (non-hydrogen) atoms. The van der Waals surface area contributed by atoms with Crippen LogP contribution in [0.15, 0.2) is 54.6 Å². The molecular weight excluding hydrogens is 420 g/mol. The summed E-state index contributed by atoms with van der Waals surface area (Å²) in [6, 6.07) is 15.4. The minimum atomic E-state index is -1.13. The predicted molar refractivity (Wildman–Crippen MR) is 116 cm³/mol. The van der Waals surface area contributed by atoms with Gasteiger partial charge in [0.05, 0.1) is 12.0 Å². The van der Waals surface area contributed by atoms with E-state index in [0.717, 1.165) is 10.5 Å². The van der Waals surface area contributed by atoms with Crippen LogP contribution in [0, 0.1) is 0 Å². The van der Waals surface area contributed by atoms with E-state index >= 15 is 0 Å². The highest BCUT2D eigenvalue weighted by Gasteiger charge is 2.42. The molecule has 2 aromatic carbocycles. The molecule has 0 spiro atoms. The molecular formula is C23H25ClN2O5. The second kappa shape index (κ2) is 9.83. The third-order valence-electron chi connectivity index (χ3n) is 5.33. The second-order valence-corrected chi connectivity index (χ2v) is 8.20. The van der Waals surface area contributed by atoms with E-state index in [0.29, 0.717) is 17.0 Å². The minimum Gasteiger partial charge on any atom is -0.465 e. The summed E-state index contributed by atoms with van der Waals surface area (Å²) >= 11 is 5.99. The number of ether oxygens (including phenoxy) is 1. The highest BCUT2D eigenvalue weighted by Crippen LogP contribution is 2.27. The first-order valence-electron chi connectivity index (χ1n) is 10.1. The topological polar surface area (TPSA) is 87.2 Å². The Labute approximate surface area is 186 Å². The van der Waals surface area contributed by atoms with Crippen LogP contribution in [0.1, 0.15) is 30.9 Å². The molecule has 1 fully saturated rings. The maximum absolute atomic E-state index is 13.6. The highest BCUT2D eigenvalue weighted by atomic mass is 35.5. The lowest BCUT2D eigenvalue weighted by Gasteiger charge is -2.31. The van der Waals surface area contributed by atoms with Gasteiger partial charge in [-0.05, 0) is 43.5 Å². The van der Waals surface area contributed by atoms with Crippen molar-refractivity contribution in [2.45, 2.75) is 38.3 Å². The average molecular weight is 445 g/mol. The molecule has 1 aliphatic heterocycles. The van der Waals surface area contributed by atoms with E-state index in [1.807, 2.05) is 30.3 Å². The molecule has 1 unspecified atom stereocenters. The Hall–Kier alpha value is -3.06. The van der Waals surface area contributed by atoms with E-state index < -0.39 is 30.1 Å². The molecule has 2 aromatic rings. The summed E-state index contributed by atoms with van der Waals surface area (Å²) < 4.78 is 5.19. The summed E-state index contributed by atoms with van der Waals surface area (Å²) in [7, 11) is 0. The number of carboxylic acid groups (broad SMARTS) is 1. The van der Waals surface area contributed by atoms with Gasteiger partial charge in [-0.2, -0.15) is 0 Å². The molecule has 7 nitrogen and oxygen atoms in total. The van der Waals surface area contributed by atoms with Gasteiger partial charge in [-0.1, -0.05) is 54.1 Å². The molecule has 0 aliphatic carbocycles. The number of carbonyl (C=O) groups is 3. The van der Waals surface area contributed by atoms with Crippen molar-refractivity contribution < 1.29 is 24.2 Å². The van der Waals surface area contributed by atoms with E-state index in [9.17, 15) is 19.5 Å². The summed E-state index contributed by atoms with van der Waals surface area (Å²) in [5.74, 6) is -1.36. The van der Waals surface area contributed by atoms with Gasteiger partial charge in [0, 0.05) is 17.6 Å². The van der Waals surface area contributed by atoms with Crippen molar-refractivity contribution >= 4 is 29.7 Å². The number of cyclic esters (lactones) is 1. The highest BCUT2D eigenvalue weighted by molar-refractivity contribution is 6.30. The summed E-state index contributed by atoms with van der Waals surface area (Å²) in [6.07, 6.45) is -1.39. The third-order valence-corrected chi connectivity index (χ3v) is 5.58. The van der Waals surface area contributed by atoms with Crippen molar-refractivity contribution in [3.63, 3.8) is 0 Å². The molecule has 8 heteroatoms. The van der Waals surface area contributed by atoms with E-state index in [2.05, 4.69) is 0 Å². The number of hydrogen-bond acceptors (Lipinski definition) is 4. The number of imide groups is 1. The maximum Gasteiger partial charge on any atom is 0.417 e. The van der Waals surface area contributed by atoms with Crippen LogP contribution in [0.5, 0.6) is 0 Å². The van der Waals surface area contributed by atoms with Crippen molar-refractivity contribution in [2.75, 3.05) is 13.2 Å². The second-order valence-electron chi connectivity index (χ2n) is 7.76. The number of rotatable bonds is 7. The fourth-order valence-electron chi connectivity index (χ4n) is 3.66. The van der Waals surface area contributed by atoms with Gasteiger partial charge in [-0.15, -0.1) is 0 Å². The fourth-order valence-corrected chi connectivity index (χ4v) is 3.79. The fraction of sp³-hybridized carbons (Fsp3) is 0.348. The van der Waals surface area contributed by atoms with Gasteiger partial charge in [-0.25, -0.2) is 14.5 Å². The van der Waals surface area contributed by atoms with Gasteiger partial charge < -0.3 is 14.7 Å². The zero-order chi connectivity index (χ0) is 22.5. The van der Waals surface area contributed by atoms with Crippen LogP contribution in [0.2, 0.25) is 5.02 Å². The lowest BCUT2D eigenvalue weighted by molar-refractivity contribution is -0.131. The van der Waals surface area contributed by atoms with E-state index in [-0.39, 0.29) is 19.2 Å². The summed E-state index contributed by atoms with van der Waals surface area (Å²) in [5.41, 5.74) is 1.56. The van der Waals surface area contributed by atoms with Crippen LogP contribution in [-0.4, -0.2) is 58.2 Å². The average Bonchev–Trinajstić information content (AvgIpc) is 3.09. The Kier molecular flexibility index (Phi) is 7.17. The lowest BCUT2D eigenvalue weighted by atomic mass is 9.95. The smallest absolute Gasteiger partial charge is 0.417 e. The van der Waals surface area contributed by atoms with Gasteiger partial charge in [0.15, 0.2) is 0 Å². The molecule has 0 bridgehead atoms. The Morgan fingerprint density at radius 3 is 2.39 bits per heavy atom. The number of amides is 3. The monoisotopic (exact) mass is 444 g/mol. The number of hydrogen-bond donors (Lipinski definition) is 1. The van der Waals surface area contributed by atoms with Crippen LogP contribution >= 0.6 is 11.6 Å². The van der Waals surface area contributed by atoms with Crippen molar-refractivity contribution in [1.29, 1.82) is 0 Å². The van der Waals surface area contributed by atoms with Crippen molar-refractivity contribution in [1.82, 2.24) is 9.80 Å². The molecule has 1 heterocycles. The summed E-state index contributed by atoms with van der Waals surface area (Å²) in [4.78, 5) is 40.2. The molecule has 2 atom stereocenters. The molecule has 1 saturated heterocycles. The molecule has 0 saturated carbocycles. The van der Waals surface area contributed by atoms with Crippen LogP contribution < -0.4 is 0 Å². The molecule has 1 N–H and O–H groups in total. The van der Waals surface area contributed by atoms with Gasteiger partial charge >= 0.3 is 12.2 Å². The summed E-state index contributed by atoms with van der Waals surface area (Å²) in [6.45, 7) is 3.48. The largest absolute Gasteiger partial charge is 0.465 e. The predicted octanol–water partition coefficient (Wildman–Crippen LogP) is 4.40. The van der Waals surface area contributed by atoms with Gasteiger partial charge in [-0.3, -0.25) is 4.79 Å². The van der Waals surface area contributed by atoms with Crippen LogP contribution in [0.4, 0.5) is 9.59 Å². The van der Waals surface area contributed by atoms with E-state index in [1.165, 1.54) is 4.90 Å². The normalized spacial score (nSPS) is 16.8. The third kappa shape index (κ3) is 5.35.